The summed E-state index contributed by atoms with van der Waals surface area (Å²) in [6, 6.07) is 0. The SMILES string of the molecule is CCCCCCC/C=C\C/C=C\CCCCCCCCCCCC(=O)OCC(COC(=O)CCCCCCCCC)OC(=O)CCCCCCCCC/C=C\CCCCCCCC. The predicted octanol–water partition coefficient (Wildman–Crippen LogP) is 18.1. The zero-order valence-electron chi connectivity index (χ0n) is 42.1. The molecule has 1 atom stereocenters. The van der Waals surface area contributed by atoms with E-state index in [0.717, 1.165) is 64.2 Å². The first kappa shape index (κ1) is 60.6. The molecule has 0 rings (SSSR count). The van der Waals surface area contributed by atoms with Gasteiger partial charge in [0.2, 0.25) is 0 Å². The van der Waals surface area contributed by atoms with Crippen LogP contribution < -0.4 is 0 Å². The molecule has 0 saturated heterocycles. The van der Waals surface area contributed by atoms with E-state index < -0.39 is 6.10 Å². The van der Waals surface area contributed by atoms with Gasteiger partial charge >= 0.3 is 17.9 Å². The third kappa shape index (κ3) is 50.5. The fourth-order valence-electron chi connectivity index (χ4n) is 7.94. The topological polar surface area (TPSA) is 78.9 Å². The van der Waals surface area contributed by atoms with E-state index in [1.165, 1.54) is 186 Å². The van der Waals surface area contributed by atoms with Gasteiger partial charge in [0.15, 0.2) is 6.10 Å². The van der Waals surface area contributed by atoms with E-state index in [1.54, 1.807) is 0 Å². The summed E-state index contributed by atoms with van der Waals surface area (Å²) in [5, 5.41) is 0. The Balaban J connectivity index is 4.20. The zero-order valence-corrected chi connectivity index (χ0v) is 42.1. The molecular formula is C57H104O6. The number of ether oxygens (including phenoxy) is 3. The molecule has 0 spiro atoms. The number of esters is 3. The summed E-state index contributed by atoms with van der Waals surface area (Å²) in [5.41, 5.74) is 0. The Morgan fingerprint density at radius 2 is 0.571 bits per heavy atom. The van der Waals surface area contributed by atoms with Crippen LogP contribution in [0.1, 0.15) is 290 Å². The van der Waals surface area contributed by atoms with Crippen LogP contribution in [0, 0.1) is 0 Å². The van der Waals surface area contributed by atoms with Gasteiger partial charge in [-0.1, -0.05) is 231 Å². The summed E-state index contributed by atoms with van der Waals surface area (Å²) >= 11 is 0. The van der Waals surface area contributed by atoms with Crippen LogP contribution in [0.25, 0.3) is 0 Å². The van der Waals surface area contributed by atoms with Crippen molar-refractivity contribution in [2.75, 3.05) is 13.2 Å². The van der Waals surface area contributed by atoms with Crippen LogP contribution in [0.2, 0.25) is 0 Å². The lowest BCUT2D eigenvalue weighted by molar-refractivity contribution is -0.167. The van der Waals surface area contributed by atoms with Crippen molar-refractivity contribution in [3.05, 3.63) is 36.5 Å². The van der Waals surface area contributed by atoms with E-state index in [-0.39, 0.29) is 31.1 Å². The normalized spacial score (nSPS) is 12.2. The average molecular weight is 885 g/mol. The van der Waals surface area contributed by atoms with Crippen LogP contribution in [0.4, 0.5) is 0 Å². The number of hydrogen-bond donors (Lipinski definition) is 0. The molecule has 6 heteroatoms. The first-order valence-corrected chi connectivity index (χ1v) is 27.5. The van der Waals surface area contributed by atoms with Crippen molar-refractivity contribution in [2.45, 2.75) is 297 Å². The van der Waals surface area contributed by atoms with Crippen molar-refractivity contribution in [2.24, 2.45) is 0 Å². The quantitative estimate of drug-likeness (QED) is 0.0262. The summed E-state index contributed by atoms with van der Waals surface area (Å²) in [6.07, 6.45) is 61.5. The summed E-state index contributed by atoms with van der Waals surface area (Å²) in [5.74, 6) is -0.877. The van der Waals surface area contributed by atoms with Crippen molar-refractivity contribution < 1.29 is 28.6 Å². The van der Waals surface area contributed by atoms with Gasteiger partial charge in [0.05, 0.1) is 0 Å². The number of rotatable bonds is 50. The Labute approximate surface area is 391 Å². The summed E-state index contributed by atoms with van der Waals surface area (Å²) in [7, 11) is 0. The molecule has 0 fully saturated rings. The number of allylic oxidation sites excluding steroid dienone is 6. The molecule has 63 heavy (non-hydrogen) atoms. The summed E-state index contributed by atoms with van der Waals surface area (Å²) in [4.78, 5) is 37.9. The van der Waals surface area contributed by atoms with E-state index >= 15 is 0 Å². The molecular weight excluding hydrogens is 781 g/mol. The fraction of sp³-hybridized carbons (Fsp3) is 0.842. The monoisotopic (exact) mass is 885 g/mol. The summed E-state index contributed by atoms with van der Waals surface area (Å²) in [6.45, 7) is 6.60. The van der Waals surface area contributed by atoms with E-state index in [1.807, 2.05) is 0 Å². The molecule has 0 saturated carbocycles. The maximum absolute atomic E-state index is 12.8. The van der Waals surface area contributed by atoms with Crippen molar-refractivity contribution in [3.63, 3.8) is 0 Å². The van der Waals surface area contributed by atoms with E-state index in [4.69, 9.17) is 14.2 Å². The second-order valence-corrected chi connectivity index (χ2v) is 18.5. The molecule has 0 N–H and O–H groups in total. The lowest BCUT2D eigenvalue weighted by Crippen LogP contribution is -2.30. The Morgan fingerprint density at radius 3 is 0.889 bits per heavy atom. The molecule has 368 valence electrons. The maximum atomic E-state index is 12.8. The highest BCUT2D eigenvalue weighted by Gasteiger charge is 2.19. The van der Waals surface area contributed by atoms with Crippen molar-refractivity contribution in [1.82, 2.24) is 0 Å². The average Bonchev–Trinajstić information content (AvgIpc) is 3.28. The number of unbranched alkanes of at least 4 members (excludes halogenated alkanes) is 33. The third-order valence-electron chi connectivity index (χ3n) is 12.1. The number of hydrogen-bond acceptors (Lipinski definition) is 6. The standard InChI is InChI=1S/C57H104O6/c1-4-7-10-13-16-18-20-22-24-26-27-28-29-31-32-34-36-38-41-44-47-50-56(59)62-53-54(52-61-55(58)49-46-43-40-15-12-9-6-3)63-57(60)51-48-45-42-39-37-35-33-30-25-23-21-19-17-14-11-8-5-2/h20,22-23,25-27,54H,4-19,21,24,28-53H2,1-3H3/b22-20-,25-23-,27-26-. The molecule has 0 amide bonds. The van der Waals surface area contributed by atoms with E-state index in [0.29, 0.717) is 19.3 Å². The second kappa shape index (κ2) is 52.3. The first-order chi connectivity index (χ1) is 31.0. The molecule has 0 aliphatic rings. The lowest BCUT2D eigenvalue weighted by Gasteiger charge is -2.18. The maximum Gasteiger partial charge on any atom is 0.306 e. The molecule has 6 nitrogen and oxygen atoms in total. The zero-order chi connectivity index (χ0) is 45.8. The molecule has 0 aliphatic heterocycles. The largest absolute Gasteiger partial charge is 0.462 e. The number of carbonyl (C=O) groups is 3. The predicted molar refractivity (Wildman–Crippen MR) is 270 cm³/mol. The minimum atomic E-state index is -0.771. The van der Waals surface area contributed by atoms with E-state index in [2.05, 4.69) is 57.2 Å². The van der Waals surface area contributed by atoms with Crippen LogP contribution in [-0.4, -0.2) is 37.2 Å². The van der Waals surface area contributed by atoms with Gasteiger partial charge in [-0.25, -0.2) is 0 Å². The molecule has 0 bridgehead atoms. The highest BCUT2D eigenvalue weighted by atomic mass is 16.6. The minimum absolute atomic E-state index is 0.0732. The summed E-state index contributed by atoms with van der Waals surface area (Å²) < 4.78 is 16.8. The Kier molecular flexibility index (Phi) is 50.3. The van der Waals surface area contributed by atoms with Gasteiger partial charge in [-0.3, -0.25) is 14.4 Å². The molecule has 0 aromatic heterocycles. The van der Waals surface area contributed by atoms with Gasteiger partial charge in [0, 0.05) is 19.3 Å². The van der Waals surface area contributed by atoms with Gasteiger partial charge in [-0.15, -0.1) is 0 Å². The van der Waals surface area contributed by atoms with Crippen LogP contribution in [0.5, 0.6) is 0 Å². The van der Waals surface area contributed by atoms with Crippen LogP contribution in [0.15, 0.2) is 36.5 Å². The highest BCUT2D eigenvalue weighted by Crippen LogP contribution is 2.15. The van der Waals surface area contributed by atoms with Gasteiger partial charge < -0.3 is 14.2 Å². The van der Waals surface area contributed by atoms with Crippen molar-refractivity contribution in [3.8, 4) is 0 Å². The molecule has 0 radical (unpaired) electrons. The van der Waals surface area contributed by atoms with Gasteiger partial charge in [-0.05, 0) is 77.0 Å². The van der Waals surface area contributed by atoms with Gasteiger partial charge in [0.1, 0.15) is 13.2 Å². The van der Waals surface area contributed by atoms with Crippen LogP contribution in [-0.2, 0) is 28.6 Å². The van der Waals surface area contributed by atoms with Crippen LogP contribution >= 0.6 is 0 Å². The van der Waals surface area contributed by atoms with Crippen molar-refractivity contribution in [1.29, 1.82) is 0 Å². The highest BCUT2D eigenvalue weighted by molar-refractivity contribution is 5.71. The Bertz CT molecular complexity index is 1060. The third-order valence-corrected chi connectivity index (χ3v) is 12.1. The molecule has 0 aliphatic carbocycles. The van der Waals surface area contributed by atoms with Crippen molar-refractivity contribution >= 4 is 17.9 Å². The van der Waals surface area contributed by atoms with Crippen LogP contribution in [0.3, 0.4) is 0 Å². The Morgan fingerprint density at radius 1 is 0.317 bits per heavy atom. The van der Waals surface area contributed by atoms with Gasteiger partial charge in [-0.2, -0.15) is 0 Å². The lowest BCUT2D eigenvalue weighted by atomic mass is 10.1. The molecule has 0 heterocycles. The first-order valence-electron chi connectivity index (χ1n) is 27.5. The molecule has 0 aromatic rings. The fourth-order valence-corrected chi connectivity index (χ4v) is 7.94. The molecule has 1 unspecified atom stereocenters. The smallest absolute Gasteiger partial charge is 0.306 e. The van der Waals surface area contributed by atoms with E-state index in [9.17, 15) is 14.4 Å². The number of carbonyl (C=O) groups excluding carboxylic acids is 3. The second-order valence-electron chi connectivity index (χ2n) is 18.5. The minimum Gasteiger partial charge on any atom is -0.462 e. The Hall–Kier alpha value is -2.37. The van der Waals surface area contributed by atoms with Gasteiger partial charge in [0.25, 0.3) is 0 Å². The molecule has 0 aromatic carbocycles.